The Morgan fingerprint density at radius 2 is 1.76 bits per heavy atom. The van der Waals surface area contributed by atoms with Gasteiger partial charge in [-0.05, 0) is 18.2 Å². The van der Waals surface area contributed by atoms with Crippen molar-refractivity contribution in [3.05, 3.63) is 53.7 Å². The average molecular weight is 416 g/mol. The first kappa shape index (κ1) is 21.2. The van der Waals surface area contributed by atoms with E-state index in [4.69, 9.17) is 5.26 Å². The molecule has 0 amide bonds. The number of nitriles is 1. The largest absolute Gasteiger partial charge is 0.325 e. The number of aromatic amines is 1. The number of hydrogen-bond donors (Lipinski definition) is 1. The SMILES string of the molecule is CCN(CC)S(=O)(=O)c1ccc(N2CC[NH+](Cc3ccc(C#N)cc3)CC2)[nH+]c1. The van der Waals surface area contributed by atoms with Gasteiger partial charge >= 0.3 is 0 Å². The Labute approximate surface area is 173 Å². The second-order valence-electron chi connectivity index (χ2n) is 7.22. The van der Waals surface area contributed by atoms with Gasteiger partial charge in [0.25, 0.3) is 5.82 Å². The van der Waals surface area contributed by atoms with Gasteiger partial charge in [-0.15, -0.1) is 0 Å². The first-order valence-electron chi connectivity index (χ1n) is 10.1. The molecule has 0 saturated carbocycles. The zero-order chi connectivity index (χ0) is 20.9. The Kier molecular flexibility index (Phi) is 6.85. The highest BCUT2D eigenvalue weighted by Crippen LogP contribution is 2.16. The van der Waals surface area contributed by atoms with Crippen molar-refractivity contribution in [3.8, 4) is 6.07 Å². The number of pyridine rings is 1. The lowest BCUT2D eigenvalue weighted by molar-refractivity contribution is -0.914. The Hall–Kier alpha value is -2.47. The minimum atomic E-state index is -3.44. The molecular formula is C21H29N5O2S+2. The fourth-order valence-corrected chi connectivity index (χ4v) is 5.12. The van der Waals surface area contributed by atoms with Crippen molar-refractivity contribution in [3.63, 3.8) is 0 Å². The monoisotopic (exact) mass is 415 g/mol. The van der Waals surface area contributed by atoms with Crippen molar-refractivity contribution in [1.29, 1.82) is 5.26 Å². The number of piperazine rings is 1. The van der Waals surface area contributed by atoms with Crippen LogP contribution in [0.1, 0.15) is 25.0 Å². The first-order chi connectivity index (χ1) is 14.0. The molecule has 0 spiro atoms. The third kappa shape index (κ3) is 4.93. The molecule has 0 bridgehead atoms. The second kappa shape index (κ2) is 9.35. The third-order valence-electron chi connectivity index (χ3n) is 5.46. The summed E-state index contributed by atoms with van der Waals surface area (Å²) in [6, 6.07) is 13.5. The van der Waals surface area contributed by atoms with Crippen LogP contribution >= 0.6 is 0 Å². The van der Waals surface area contributed by atoms with E-state index in [1.807, 2.05) is 44.2 Å². The quantitative estimate of drug-likeness (QED) is 0.706. The number of nitrogens with zero attached hydrogens (tertiary/aromatic N) is 3. The molecule has 0 aliphatic carbocycles. The van der Waals surface area contributed by atoms with Crippen LogP contribution in [-0.2, 0) is 16.6 Å². The molecule has 7 nitrogen and oxygen atoms in total. The molecule has 3 rings (SSSR count). The fourth-order valence-electron chi connectivity index (χ4n) is 3.70. The van der Waals surface area contributed by atoms with Crippen LogP contribution in [0.4, 0.5) is 5.82 Å². The molecule has 1 aliphatic heterocycles. The minimum Gasteiger partial charge on any atom is -0.325 e. The second-order valence-corrected chi connectivity index (χ2v) is 9.16. The molecule has 2 N–H and O–H groups in total. The summed E-state index contributed by atoms with van der Waals surface area (Å²) < 4.78 is 26.7. The lowest BCUT2D eigenvalue weighted by Gasteiger charge is -2.28. The Morgan fingerprint density at radius 3 is 2.28 bits per heavy atom. The van der Waals surface area contributed by atoms with Gasteiger partial charge in [-0.1, -0.05) is 26.0 Å². The number of anilines is 1. The van der Waals surface area contributed by atoms with E-state index in [1.54, 1.807) is 12.3 Å². The van der Waals surface area contributed by atoms with E-state index in [0.29, 0.717) is 23.5 Å². The average Bonchev–Trinajstić information content (AvgIpc) is 2.75. The summed E-state index contributed by atoms with van der Waals surface area (Å²) >= 11 is 0. The molecule has 1 aliphatic rings. The highest BCUT2D eigenvalue weighted by atomic mass is 32.2. The van der Waals surface area contributed by atoms with Crippen molar-refractivity contribution < 1.29 is 18.3 Å². The van der Waals surface area contributed by atoms with Crippen LogP contribution < -0.4 is 14.8 Å². The van der Waals surface area contributed by atoms with E-state index < -0.39 is 10.0 Å². The van der Waals surface area contributed by atoms with E-state index in [9.17, 15) is 8.42 Å². The van der Waals surface area contributed by atoms with Gasteiger partial charge < -0.3 is 4.90 Å². The van der Waals surface area contributed by atoms with E-state index in [2.05, 4.69) is 16.0 Å². The normalized spacial score (nSPS) is 15.4. The van der Waals surface area contributed by atoms with Crippen molar-refractivity contribution in [2.75, 3.05) is 44.2 Å². The van der Waals surface area contributed by atoms with Crippen molar-refractivity contribution in [2.24, 2.45) is 0 Å². The zero-order valence-electron chi connectivity index (χ0n) is 17.1. The Bertz CT molecular complexity index is 940. The van der Waals surface area contributed by atoms with E-state index >= 15 is 0 Å². The van der Waals surface area contributed by atoms with Crippen LogP contribution in [0.2, 0.25) is 0 Å². The number of rotatable bonds is 7. The molecule has 1 saturated heterocycles. The summed E-state index contributed by atoms with van der Waals surface area (Å²) in [6.45, 7) is 9.40. The minimum absolute atomic E-state index is 0.301. The Balaban J connectivity index is 1.58. The highest BCUT2D eigenvalue weighted by Gasteiger charge is 2.28. The van der Waals surface area contributed by atoms with Crippen LogP contribution in [0.15, 0.2) is 47.5 Å². The van der Waals surface area contributed by atoms with Gasteiger partial charge in [0, 0.05) is 24.7 Å². The number of aromatic nitrogens is 1. The third-order valence-corrected chi connectivity index (χ3v) is 7.51. The number of hydrogen-bond acceptors (Lipinski definition) is 4. The summed E-state index contributed by atoms with van der Waals surface area (Å²) in [5.74, 6) is 0.945. The van der Waals surface area contributed by atoms with Gasteiger partial charge in [-0.2, -0.15) is 9.57 Å². The van der Waals surface area contributed by atoms with Gasteiger partial charge in [0.2, 0.25) is 10.0 Å². The molecule has 1 fully saturated rings. The summed E-state index contributed by atoms with van der Waals surface area (Å²) in [6.07, 6.45) is 1.60. The maximum atomic E-state index is 12.6. The number of nitrogens with one attached hydrogen (secondary N) is 2. The number of H-pyrrole nitrogens is 1. The summed E-state index contributed by atoms with van der Waals surface area (Å²) in [5, 5.41) is 8.90. The summed E-state index contributed by atoms with van der Waals surface area (Å²) in [5.41, 5.74) is 1.93. The lowest BCUT2D eigenvalue weighted by atomic mass is 10.1. The van der Waals surface area contributed by atoms with Crippen LogP contribution in [0.3, 0.4) is 0 Å². The molecule has 2 aromatic rings. The van der Waals surface area contributed by atoms with Crippen molar-refractivity contribution in [1.82, 2.24) is 4.31 Å². The maximum Gasteiger partial charge on any atom is 0.274 e. The van der Waals surface area contributed by atoms with Gasteiger partial charge in [-0.3, -0.25) is 4.90 Å². The van der Waals surface area contributed by atoms with Gasteiger partial charge in [0.1, 0.15) is 43.8 Å². The van der Waals surface area contributed by atoms with Crippen LogP contribution in [0, 0.1) is 11.3 Å². The number of quaternary nitrogens is 1. The van der Waals surface area contributed by atoms with Crippen LogP contribution in [0.5, 0.6) is 0 Å². The number of benzene rings is 1. The fraction of sp³-hybridized carbons (Fsp3) is 0.429. The van der Waals surface area contributed by atoms with Crippen LogP contribution in [0.25, 0.3) is 0 Å². The van der Waals surface area contributed by atoms with E-state index in [-0.39, 0.29) is 0 Å². The van der Waals surface area contributed by atoms with Gasteiger partial charge in [-0.25, -0.2) is 13.4 Å². The number of sulfonamides is 1. The molecule has 154 valence electrons. The molecule has 0 atom stereocenters. The van der Waals surface area contributed by atoms with Gasteiger partial charge in [0.15, 0.2) is 0 Å². The molecule has 1 aromatic heterocycles. The topological polar surface area (TPSA) is 83.0 Å². The zero-order valence-corrected chi connectivity index (χ0v) is 17.9. The first-order valence-corrected chi connectivity index (χ1v) is 11.5. The van der Waals surface area contributed by atoms with E-state index in [0.717, 1.165) is 38.5 Å². The smallest absolute Gasteiger partial charge is 0.274 e. The molecule has 0 unspecified atom stereocenters. The predicted molar refractivity (Wildman–Crippen MR) is 111 cm³/mol. The standard InChI is InChI=1S/C21H27N5O2S/c1-3-26(4-2)29(27,28)20-9-10-21(23-16-20)25-13-11-24(12-14-25)17-19-7-5-18(15-22)6-8-19/h5-10,16H,3-4,11-14,17H2,1-2H3/p+2. The predicted octanol–water partition coefficient (Wildman–Crippen LogP) is 0.308. The van der Waals surface area contributed by atoms with Gasteiger partial charge in [0.05, 0.1) is 11.6 Å². The summed E-state index contributed by atoms with van der Waals surface area (Å²) in [4.78, 5) is 7.24. The maximum absolute atomic E-state index is 12.6. The molecule has 29 heavy (non-hydrogen) atoms. The molecular weight excluding hydrogens is 386 g/mol. The molecule has 1 aromatic carbocycles. The van der Waals surface area contributed by atoms with Crippen LogP contribution in [-0.4, -0.2) is 52.0 Å². The Morgan fingerprint density at radius 1 is 1.10 bits per heavy atom. The molecule has 8 heteroatoms. The highest BCUT2D eigenvalue weighted by molar-refractivity contribution is 7.89. The van der Waals surface area contributed by atoms with Crippen molar-refractivity contribution >= 4 is 15.8 Å². The summed E-state index contributed by atoms with van der Waals surface area (Å²) in [7, 11) is -3.44. The van der Waals surface area contributed by atoms with Crippen molar-refractivity contribution in [2.45, 2.75) is 25.3 Å². The molecule has 2 heterocycles. The lowest BCUT2D eigenvalue weighted by Crippen LogP contribution is -3.13. The van der Waals surface area contributed by atoms with E-state index in [1.165, 1.54) is 14.8 Å². The molecule has 0 radical (unpaired) electrons.